The number of amides is 2. The molecule has 0 bridgehead atoms. The highest BCUT2D eigenvalue weighted by atomic mass is 32.2. The Balaban J connectivity index is 1.90. The molecule has 3 aromatic rings. The van der Waals surface area contributed by atoms with Crippen molar-refractivity contribution in [3.63, 3.8) is 0 Å². The standard InChI is InChI=1S/C24H24N2O3S/c1-16-9-10-19(4)20(12-16)15-25-22-7-5-6-8-23(22)30(28,29)26(24(25)27)21-13-17(2)11-18(3)14-21/h5-14H,15H2,1-4H3. The van der Waals surface area contributed by atoms with Crippen molar-refractivity contribution in [1.82, 2.24) is 0 Å². The topological polar surface area (TPSA) is 57.7 Å². The predicted molar refractivity (Wildman–Crippen MR) is 120 cm³/mol. The van der Waals surface area contributed by atoms with Crippen LogP contribution in [0.2, 0.25) is 0 Å². The van der Waals surface area contributed by atoms with Gasteiger partial charge in [-0.05, 0) is 74.2 Å². The van der Waals surface area contributed by atoms with Gasteiger partial charge in [0.05, 0.1) is 17.9 Å². The van der Waals surface area contributed by atoms with Crippen LogP contribution in [0.1, 0.15) is 27.8 Å². The number of carbonyl (C=O) groups excluding carboxylic acids is 1. The molecule has 0 aromatic heterocycles. The highest BCUT2D eigenvalue weighted by molar-refractivity contribution is 7.94. The summed E-state index contributed by atoms with van der Waals surface area (Å²) in [7, 11) is -4.02. The Labute approximate surface area is 177 Å². The second-order valence-electron chi connectivity index (χ2n) is 7.88. The van der Waals surface area contributed by atoms with Crippen LogP contribution in [0.4, 0.5) is 16.2 Å². The van der Waals surface area contributed by atoms with E-state index in [1.165, 1.54) is 0 Å². The minimum atomic E-state index is -4.02. The maximum absolute atomic E-state index is 13.6. The van der Waals surface area contributed by atoms with Crippen molar-refractivity contribution in [2.24, 2.45) is 0 Å². The third kappa shape index (κ3) is 3.37. The van der Waals surface area contributed by atoms with E-state index in [2.05, 4.69) is 0 Å². The van der Waals surface area contributed by atoms with Crippen LogP contribution in [-0.4, -0.2) is 14.4 Å². The Hall–Kier alpha value is -3.12. The second-order valence-corrected chi connectivity index (χ2v) is 9.64. The Kier molecular flexibility index (Phi) is 4.90. The summed E-state index contributed by atoms with van der Waals surface area (Å²) in [5, 5.41) is 0. The normalized spacial score (nSPS) is 15.3. The Morgan fingerprint density at radius 1 is 0.800 bits per heavy atom. The lowest BCUT2D eigenvalue weighted by Gasteiger charge is -2.36. The van der Waals surface area contributed by atoms with Crippen molar-refractivity contribution in [3.05, 3.63) is 88.5 Å². The zero-order chi connectivity index (χ0) is 21.6. The van der Waals surface area contributed by atoms with E-state index in [1.54, 1.807) is 41.3 Å². The quantitative estimate of drug-likeness (QED) is 0.581. The van der Waals surface area contributed by atoms with Crippen molar-refractivity contribution in [1.29, 1.82) is 0 Å². The first-order chi connectivity index (χ1) is 14.2. The van der Waals surface area contributed by atoms with Gasteiger partial charge in [-0.1, -0.05) is 42.0 Å². The SMILES string of the molecule is Cc1cc(C)cc(N2C(=O)N(Cc3cc(C)ccc3C)c3ccccc3S2(=O)=O)c1. The molecule has 0 saturated carbocycles. The first kappa shape index (κ1) is 20.2. The summed E-state index contributed by atoms with van der Waals surface area (Å²) in [5.74, 6) is 0. The molecule has 1 heterocycles. The Morgan fingerprint density at radius 3 is 2.17 bits per heavy atom. The van der Waals surface area contributed by atoms with E-state index in [1.807, 2.05) is 52.0 Å². The molecular formula is C24H24N2O3S. The first-order valence-corrected chi connectivity index (χ1v) is 11.2. The molecule has 6 heteroatoms. The summed E-state index contributed by atoms with van der Waals surface area (Å²) in [6.07, 6.45) is 0. The zero-order valence-corrected chi connectivity index (χ0v) is 18.3. The Morgan fingerprint density at radius 2 is 1.47 bits per heavy atom. The van der Waals surface area contributed by atoms with Gasteiger partial charge in [0.15, 0.2) is 0 Å². The number of anilines is 2. The largest absolute Gasteiger partial charge is 0.343 e. The summed E-state index contributed by atoms with van der Waals surface area (Å²) >= 11 is 0. The smallest absolute Gasteiger partial charge is 0.287 e. The van der Waals surface area contributed by atoms with Crippen LogP contribution >= 0.6 is 0 Å². The minimum absolute atomic E-state index is 0.133. The zero-order valence-electron chi connectivity index (χ0n) is 17.5. The number of fused-ring (bicyclic) bond motifs is 1. The van der Waals surface area contributed by atoms with Crippen LogP contribution < -0.4 is 9.21 Å². The molecule has 1 aliphatic heterocycles. The molecule has 5 nitrogen and oxygen atoms in total. The number of rotatable bonds is 3. The van der Waals surface area contributed by atoms with Crippen LogP contribution in [0.3, 0.4) is 0 Å². The summed E-state index contributed by atoms with van der Waals surface area (Å²) in [4.78, 5) is 15.3. The number of sulfonamides is 1. The first-order valence-electron chi connectivity index (χ1n) is 9.79. The van der Waals surface area contributed by atoms with Crippen molar-refractivity contribution in [3.8, 4) is 0 Å². The van der Waals surface area contributed by atoms with Crippen LogP contribution in [-0.2, 0) is 16.6 Å². The highest BCUT2D eigenvalue weighted by Gasteiger charge is 2.42. The predicted octanol–water partition coefficient (Wildman–Crippen LogP) is 5.26. The monoisotopic (exact) mass is 420 g/mol. The van der Waals surface area contributed by atoms with Crippen molar-refractivity contribution >= 4 is 27.4 Å². The molecule has 0 spiro atoms. The molecule has 1 aliphatic rings. The minimum Gasteiger partial charge on any atom is -0.287 e. The van der Waals surface area contributed by atoms with E-state index in [9.17, 15) is 13.2 Å². The van der Waals surface area contributed by atoms with E-state index < -0.39 is 16.1 Å². The van der Waals surface area contributed by atoms with E-state index in [0.717, 1.165) is 32.1 Å². The van der Waals surface area contributed by atoms with Gasteiger partial charge in [0.2, 0.25) is 0 Å². The van der Waals surface area contributed by atoms with E-state index in [4.69, 9.17) is 0 Å². The molecule has 0 aliphatic carbocycles. The number of benzene rings is 3. The second kappa shape index (κ2) is 7.29. The molecule has 0 N–H and O–H groups in total. The number of hydrogen-bond donors (Lipinski definition) is 0. The maximum Gasteiger partial charge on any atom is 0.343 e. The van der Waals surface area contributed by atoms with Crippen molar-refractivity contribution in [2.75, 3.05) is 9.21 Å². The maximum atomic E-state index is 13.6. The fourth-order valence-electron chi connectivity index (χ4n) is 3.92. The van der Waals surface area contributed by atoms with E-state index >= 15 is 0 Å². The lowest BCUT2D eigenvalue weighted by molar-refractivity contribution is 0.253. The number of hydrogen-bond acceptors (Lipinski definition) is 3. The van der Waals surface area contributed by atoms with Crippen LogP contribution in [0, 0.1) is 27.7 Å². The van der Waals surface area contributed by atoms with Crippen LogP contribution in [0.25, 0.3) is 0 Å². The van der Waals surface area contributed by atoms with Gasteiger partial charge in [-0.3, -0.25) is 4.90 Å². The van der Waals surface area contributed by atoms with Gasteiger partial charge in [-0.15, -0.1) is 0 Å². The summed E-state index contributed by atoms with van der Waals surface area (Å²) in [6, 6.07) is 17.6. The molecule has 154 valence electrons. The van der Waals surface area contributed by atoms with Crippen LogP contribution in [0.15, 0.2) is 65.6 Å². The molecule has 0 radical (unpaired) electrons. The molecule has 30 heavy (non-hydrogen) atoms. The van der Waals surface area contributed by atoms with Gasteiger partial charge in [0.1, 0.15) is 4.90 Å². The summed E-state index contributed by atoms with van der Waals surface area (Å²) in [6.45, 7) is 8.06. The average molecular weight is 421 g/mol. The molecule has 0 unspecified atom stereocenters. The fourth-order valence-corrected chi connectivity index (χ4v) is 5.50. The van der Waals surface area contributed by atoms with Gasteiger partial charge in [0.25, 0.3) is 10.0 Å². The Bertz CT molecular complexity index is 1240. The van der Waals surface area contributed by atoms with Gasteiger partial charge < -0.3 is 0 Å². The fraction of sp³-hybridized carbons (Fsp3) is 0.208. The van der Waals surface area contributed by atoms with E-state index in [-0.39, 0.29) is 4.90 Å². The number of para-hydroxylation sites is 1. The number of carbonyl (C=O) groups is 1. The third-order valence-electron chi connectivity index (χ3n) is 5.35. The number of urea groups is 1. The van der Waals surface area contributed by atoms with E-state index in [0.29, 0.717) is 17.9 Å². The van der Waals surface area contributed by atoms with Crippen molar-refractivity contribution < 1.29 is 13.2 Å². The van der Waals surface area contributed by atoms with Gasteiger partial charge in [-0.2, -0.15) is 4.31 Å². The number of nitrogens with zero attached hydrogens (tertiary/aromatic N) is 2. The van der Waals surface area contributed by atoms with Gasteiger partial charge in [-0.25, -0.2) is 13.2 Å². The third-order valence-corrected chi connectivity index (χ3v) is 7.10. The molecule has 3 aromatic carbocycles. The van der Waals surface area contributed by atoms with Gasteiger partial charge >= 0.3 is 6.03 Å². The average Bonchev–Trinajstić information content (AvgIpc) is 2.67. The van der Waals surface area contributed by atoms with Gasteiger partial charge in [0, 0.05) is 0 Å². The molecule has 4 rings (SSSR count). The molecule has 0 saturated heterocycles. The van der Waals surface area contributed by atoms with Crippen LogP contribution in [0.5, 0.6) is 0 Å². The lowest BCUT2D eigenvalue weighted by atomic mass is 10.0. The molecule has 0 fully saturated rings. The number of aryl methyl sites for hydroxylation is 4. The molecule has 2 amide bonds. The summed E-state index contributed by atoms with van der Waals surface area (Å²) in [5.41, 5.74) is 5.69. The van der Waals surface area contributed by atoms with Crippen molar-refractivity contribution in [2.45, 2.75) is 39.1 Å². The lowest BCUT2D eigenvalue weighted by Crippen LogP contribution is -2.50. The highest BCUT2D eigenvalue weighted by Crippen LogP contribution is 2.38. The summed E-state index contributed by atoms with van der Waals surface area (Å²) < 4.78 is 27.8. The molecule has 0 atom stereocenters. The molecular weight excluding hydrogens is 396 g/mol.